The largest absolute Gasteiger partial charge is 0.368 e. The number of amides is 1. The first-order chi connectivity index (χ1) is 16.7. The van der Waals surface area contributed by atoms with Gasteiger partial charge >= 0.3 is 0 Å². The minimum Gasteiger partial charge on any atom is -0.368 e. The van der Waals surface area contributed by atoms with Gasteiger partial charge in [0.2, 0.25) is 0 Å². The Hall–Kier alpha value is -2.79. The molecule has 1 amide bonds. The minimum absolute atomic E-state index is 0.0698. The summed E-state index contributed by atoms with van der Waals surface area (Å²) in [6.07, 6.45) is 1.50. The Morgan fingerprint density at radius 2 is 1.97 bits per heavy atom. The third-order valence-electron chi connectivity index (χ3n) is 6.87. The van der Waals surface area contributed by atoms with E-state index in [-0.39, 0.29) is 41.5 Å². The molecule has 0 unspecified atom stereocenters. The van der Waals surface area contributed by atoms with Gasteiger partial charge in [-0.1, -0.05) is 11.6 Å². The lowest BCUT2D eigenvalue weighted by Gasteiger charge is -2.41. The lowest BCUT2D eigenvalue weighted by molar-refractivity contribution is -0.145. The first-order valence-electron chi connectivity index (χ1n) is 11.9. The zero-order valence-corrected chi connectivity index (χ0v) is 20.8. The van der Waals surface area contributed by atoms with Gasteiger partial charge in [-0.2, -0.15) is 0 Å². The van der Waals surface area contributed by atoms with E-state index in [4.69, 9.17) is 22.9 Å². The van der Waals surface area contributed by atoms with Crippen molar-refractivity contribution >= 4 is 29.0 Å². The topological polar surface area (TPSA) is 54.2 Å². The molecule has 2 aliphatic rings. The number of nitrogens with zero attached hydrogens (tertiary/aromatic N) is 3. The smallest absolute Gasteiger partial charge is 0.252 e. The number of hydrogen-bond donors (Lipinski definition) is 0. The van der Waals surface area contributed by atoms with Crippen LogP contribution in [-0.4, -0.2) is 59.9 Å². The molecule has 0 bridgehead atoms. The fourth-order valence-electron chi connectivity index (χ4n) is 4.92. The van der Waals surface area contributed by atoms with Crippen molar-refractivity contribution in [3.63, 3.8) is 0 Å². The van der Waals surface area contributed by atoms with Crippen LogP contribution in [-0.2, 0) is 22.5 Å². The van der Waals surface area contributed by atoms with Crippen LogP contribution >= 0.6 is 11.6 Å². The quantitative estimate of drug-likeness (QED) is 0.417. The van der Waals surface area contributed by atoms with E-state index in [2.05, 4.69) is 16.7 Å². The summed E-state index contributed by atoms with van der Waals surface area (Å²) in [7, 11) is 0. The Balaban J connectivity index is 1.45. The molecule has 0 spiro atoms. The molecule has 0 saturated carbocycles. The van der Waals surface area contributed by atoms with Gasteiger partial charge in [-0.3, -0.25) is 14.5 Å². The van der Waals surface area contributed by atoms with E-state index in [1.165, 1.54) is 6.07 Å². The molecule has 2 aromatic rings. The number of Topliss-reactive ketones (excluding diaryl/α,β-unsaturated/α-hetero) is 1. The second-order valence-corrected chi connectivity index (χ2v) is 9.81. The second kappa shape index (κ2) is 10.9. The molecule has 2 aliphatic heterocycles. The Morgan fingerprint density at radius 1 is 1.20 bits per heavy atom. The maximum absolute atomic E-state index is 13.8. The highest BCUT2D eigenvalue weighted by atomic mass is 35.5. The Bertz CT molecular complexity index is 1170. The first kappa shape index (κ1) is 25.3. The van der Waals surface area contributed by atoms with Crippen LogP contribution in [0.4, 0.5) is 10.1 Å². The monoisotopic (exact) mass is 497 g/mol. The van der Waals surface area contributed by atoms with Crippen LogP contribution in [0.2, 0.25) is 5.02 Å². The normalized spacial score (nSPS) is 20.6. The van der Waals surface area contributed by atoms with Crippen LogP contribution < -0.4 is 0 Å². The summed E-state index contributed by atoms with van der Waals surface area (Å²) in [6, 6.07) is 7.45. The number of ketones is 1. The number of hydrogen-bond acceptors (Lipinski definition) is 4. The predicted octanol–water partition coefficient (Wildman–Crippen LogP) is 4.98. The minimum atomic E-state index is -0.600. The molecular weight excluding hydrogens is 469 g/mol. The molecule has 0 aliphatic carbocycles. The maximum Gasteiger partial charge on any atom is 0.252 e. The number of carbonyl (C=O) groups is 2. The van der Waals surface area contributed by atoms with Crippen LogP contribution in [0.1, 0.15) is 46.8 Å². The molecule has 2 atom stereocenters. The zero-order chi connectivity index (χ0) is 25.1. The van der Waals surface area contributed by atoms with Crippen molar-refractivity contribution in [2.45, 2.75) is 51.8 Å². The lowest BCUT2D eigenvalue weighted by Crippen LogP contribution is -2.55. The van der Waals surface area contributed by atoms with E-state index in [1.54, 1.807) is 6.07 Å². The predicted molar refractivity (Wildman–Crippen MR) is 132 cm³/mol. The van der Waals surface area contributed by atoms with Crippen LogP contribution in [0.3, 0.4) is 0 Å². The van der Waals surface area contributed by atoms with E-state index in [0.717, 1.165) is 54.8 Å². The molecule has 184 valence electrons. The summed E-state index contributed by atoms with van der Waals surface area (Å²) in [4.78, 5) is 33.1. The summed E-state index contributed by atoms with van der Waals surface area (Å²) < 4.78 is 19.4. The van der Waals surface area contributed by atoms with Crippen molar-refractivity contribution in [1.29, 1.82) is 0 Å². The zero-order valence-electron chi connectivity index (χ0n) is 20.0. The summed E-state index contributed by atoms with van der Waals surface area (Å²) in [6.45, 7) is 14.6. The highest BCUT2D eigenvalue weighted by Gasteiger charge is 2.34. The van der Waals surface area contributed by atoms with Gasteiger partial charge in [0.1, 0.15) is 11.9 Å². The van der Waals surface area contributed by atoms with Gasteiger partial charge in [0.05, 0.1) is 6.57 Å². The standard InChI is InChI=1S/C27H29ClFN3O3/c1-17-15-31(6-7-32(17)27(34)26-5-4-8-35-26)16-21-10-22(28)9-19(18(21)2)13-25(33)20-11-23(29)14-24(12-20)30-3/h9-12,14,17,26H,4-8,13,15-16H2,1-2H3/t17-,26-/m0/s1. The van der Waals surface area contributed by atoms with Gasteiger partial charge in [0.15, 0.2) is 11.5 Å². The van der Waals surface area contributed by atoms with Crippen molar-refractivity contribution < 1.29 is 18.7 Å². The van der Waals surface area contributed by atoms with E-state index in [0.29, 0.717) is 24.7 Å². The number of rotatable bonds is 6. The van der Waals surface area contributed by atoms with Crippen molar-refractivity contribution in [2.75, 3.05) is 26.2 Å². The molecule has 0 N–H and O–H groups in total. The van der Waals surface area contributed by atoms with E-state index in [1.807, 2.05) is 17.9 Å². The molecule has 2 saturated heterocycles. The molecule has 2 heterocycles. The fourth-order valence-corrected chi connectivity index (χ4v) is 5.19. The molecule has 35 heavy (non-hydrogen) atoms. The van der Waals surface area contributed by atoms with Crippen LogP contribution in [0.15, 0.2) is 30.3 Å². The SMILES string of the molecule is [C-]#[N+]c1cc(F)cc(C(=O)Cc2cc(Cl)cc(CN3CCN(C(=O)[C@@H]4CCCO4)[C@@H](C)C3)c2C)c1. The van der Waals surface area contributed by atoms with Crippen molar-refractivity contribution in [3.05, 3.63) is 74.8 Å². The summed E-state index contributed by atoms with van der Waals surface area (Å²) in [5.74, 6) is -0.773. The van der Waals surface area contributed by atoms with Crippen LogP contribution in [0, 0.1) is 19.3 Å². The molecule has 2 aromatic carbocycles. The van der Waals surface area contributed by atoms with Gasteiger partial charge in [-0.15, -0.1) is 0 Å². The molecule has 0 radical (unpaired) electrons. The number of ether oxygens (including phenoxy) is 1. The molecule has 0 aromatic heterocycles. The molecular formula is C27H29ClFN3O3. The van der Waals surface area contributed by atoms with E-state index in [9.17, 15) is 14.0 Å². The molecule has 8 heteroatoms. The fraction of sp³-hybridized carbons (Fsp3) is 0.444. The van der Waals surface area contributed by atoms with Crippen molar-refractivity contribution in [3.8, 4) is 0 Å². The van der Waals surface area contributed by atoms with Gasteiger partial charge in [-0.05, 0) is 73.7 Å². The number of benzene rings is 2. The summed E-state index contributed by atoms with van der Waals surface area (Å²) in [5.41, 5.74) is 3.05. The Morgan fingerprint density at radius 3 is 2.66 bits per heavy atom. The van der Waals surface area contributed by atoms with Crippen LogP contribution in [0.5, 0.6) is 0 Å². The molecule has 2 fully saturated rings. The lowest BCUT2D eigenvalue weighted by atomic mass is 9.95. The average molecular weight is 498 g/mol. The number of carbonyl (C=O) groups excluding carboxylic acids is 2. The van der Waals surface area contributed by atoms with Crippen LogP contribution in [0.25, 0.3) is 4.85 Å². The van der Waals surface area contributed by atoms with Crippen molar-refractivity contribution in [1.82, 2.24) is 9.80 Å². The highest BCUT2D eigenvalue weighted by Crippen LogP contribution is 2.26. The third-order valence-corrected chi connectivity index (χ3v) is 7.08. The third kappa shape index (κ3) is 5.90. The highest BCUT2D eigenvalue weighted by molar-refractivity contribution is 6.30. The second-order valence-electron chi connectivity index (χ2n) is 9.38. The Labute approximate surface area is 210 Å². The summed E-state index contributed by atoms with van der Waals surface area (Å²) in [5, 5.41) is 0.537. The average Bonchev–Trinajstić information content (AvgIpc) is 3.36. The van der Waals surface area contributed by atoms with Crippen molar-refractivity contribution in [2.24, 2.45) is 0 Å². The summed E-state index contributed by atoms with van der Waals surface area (Å²) >= 11 is 6.41. The first-order valence-corrected chi connectivity index (χ1v) is 12.3. The molecule has 4 rings (SSSR count). The van der Waals surface area contributed by atoms with E-state index >= 15 is 0 Å². The number of piperazine rings is 1. The number of halogens is 2. The Kier molecular flexibility index (Phi) is 7.85. The molecule has 6 nitrogen and oxygen atoms in total. The van der Waals surface area contributed by atoms with Gasteiger partial charge in [-0.25, -0.2) is 9.24 Å². The maximum atomic E-state index is 13.8. The van der Waals surface area contributed by atoms with E-state index < -0.39 is 5.82 Å². The van der Waals surface area contributed by atoms with Gasteiger partial charge < -0.3 is 9.64 Å². The van der Waals surface area contributed by atoms with Gasteiger partial charge in [0.25, 0.3) is 5.91 Å². The van der Waals surface area contributed by atoms with Gasteiger partial charge in [0, 0.05) is 55.8 Å².